The van der Waals surface area contributed by atoms with Crippen molar-refractivity contribution in [3.8, 4) is 0 Å². The Morgan fingerprint density at radius 2 is 2.21 bits per heavy atom. The van der Waals surface area contributed by atoms with Gasteiger partial charge in [-0.15, -0.1) is 12.4 Å². The Hall–Kier alpha value is -0.790. The number of hydrogen-bond acceptors (Lipinski definition) is 6. The van der Waals surface area contributed by atoms with Crippen LogP contribution in [-0.2, 0) is 4.79 Å². The van der Waals surface area contributed by atoms with Crippen molar-refractivity contribution in [2.75, 3.05) is 31.1 Å². The lowest BCUT2D eigenvalue weighted by atomic mass is 9.97. The van der Waals surface area contributed by atoms with Crippen molar-refractivity contribution in [1.29, 1.82) is 0 Å². The molecule has 0 aromatic carbocycles. The molecule has 1 amide bonds. The van der Waals surface area contributed by atoms with Crippen LogP contribution in [0.1, 0.15) is 55.7 Å². The summed E-state index contributed by atoms with van der Waals surface area (Å²) in [5.41, 5.74) is 0. The largest absolute Gasteiger partial charge is 0.342 e. The molecule has 24 heavy (non-hydrogen) atoms. The molecule has 1 aromatic rings. The maximum Gasteiger partial charge on any atom is 0.229 e. The monoisotopic (exact) mass is 372 g/mol. The number of halogens is 1. The van der Waals surface area contributed by atoms with E-state index in [0.29, 0.717) is 18.4 Å². The third-order valence-electron chi connectivity index (χ3n) is 4.94. The van der Waals surface area contributed by atoms with Gasteiger partial charge in [0.05, 0.1) is 0 Å². The van der Waals surface area contributed by atoms with Crippen LogP contribution < -0.4 is 5.32 Å². The maximum atomic E-state index is 12.6. The van der Waals surface area contributed by atoms with E-state index < -0.39 is 0 Å². The first-order chi connectivity index (χ1) is 11.3. The minimum Gasteiger partial charge on any atom is -0.342 e. The van der Waals surface area contributed by atoms with Crippen LogP contribution in [0.4, 0.5) is 0 Å². The van der Waals surface area contributed by atoms with Crippen molar-refractivity contribution >= 4 is 30.1 Å². The average molecular weight is 373 g/mol. The van der Waals surface area contributed by atoms with Crippen molar-refractivity contribution in [3.63, 3.8) is 0 Å². The normalized spacial score (nSPS) is 27.6. The van der Waals surface area contributed by atoms with Gasteiger partial charge in [-0.1, -0.05) is 5.16 Å². The zero-order valence-corrected chi connectivity index (χ0v) is 15.4. The van der Waals surface area contributed by atoms with Crippen LogP contribution in [0.15, 0.2) is 4.52 Å². The molecule has 8 heteroatoms. The number of nitrogens with zero attached hydrogens (tertiary/aromatic N) is 3. The maximum absolute atomic E-state index is 12.6. The van der Waals surface area contributed by atoms with Gasteiger partial charge in [-0.3, -0.25) is 4.79 Å². The summed E-state index contributed by atoms with van der Waals surface area (Å²) in [5.74, 6) is 4.78. The van der Waals surface area contributed by atoms with Crippen LogP contribution in [0.25, 0.3) is 0 Å². The van der Waals surface area contributed by atoms with Crippen LogP contribution in [0.3, 0.4) is 0 Å². The molecule has 0 spiro atoms. The molecule has 2 atom stereocenters. The molecule has 3 aliphatic rings. The average Bonchev–Trinajstić information content (AvgIpc) is 3.33. The Balaban J connectivity index is 0.00000169. The highest BCUT2D eigenvalue weighted by atomic mass is 35.5. The molecule has 0 bridgehead atoms. The quantitative estimate of drug-likeness (QED) is 0.873. The van der Waals surface area contributed by atoms with Crippen LogP contribution in [0.5, 0.6) is 0 Å². The van der Waals surface area contributed by atoms with E-state index in [2.05, 4.69) is 15.5 Å². The summed E-state index contributed by atoms with van der Waals surface area (Å²) < 4.78 is 5.38. The molecule has 2 saturated heterocycles. The van der Waals surface area contributed by atoms with E-state index in [9.17, 15) is 4.79 Å². The molecule has 6 nitrogen and oxygen atoms in total. The van der Waals surface area contributed by atoms with Crippen LogP contribution in [-0.4, -0.2) is 58.1 Å². The standard InChI is InChI=1S/C16H24N4O2S.ClH/c21-14(8-13-10-23-7-5-17-13)20-6-1-2-12(9-20)15-18-16(22-19-15)11-3-4-11;/h11-13,17H,1-10H2;1H. The second-order valence-corrected chi connectivity index (χ2v) is 8.02. The fourth-order valence-corrected chi connectivity index (χ4v) is 4.36. The van der Waals surface area contributed by atoms with Gasteiger partial charge in [0.25, 0.3) is 0 Å². The highest BCUT2D eigenvalue weighted by molar-refractivity contribution is 7.99. The summed E-state index contributed by atoms with van der Waals surface area (Å²) in [5, 5.41) is 7.62. The third kappa shape index (κ3) is 4.24. The second kappa shape index (κ2) is 8.06. The van der Waals surface area contributed by atoms with E-state index in [1.807, 2.05) is 16.7 Å². The Bertz CT molecular complexity index is 560. The lowest BCUT2D eigenvalue weighted by molar-refractivity contribution is -0.132. The number of hydrogen-bond donors (Lipinski definition) is 1. The fourth-order valence-electron chi connectivity index (χ4n) is 3.41. The summed E-state index contributed by atoms with van der Waals surface area (Å²) in [6.45, 7) is 2.61. The molecule has 134 valence electrons. The smallest absolute Gasteiger partial charge is 0.229 e. The zero-order chi connectivity index (χ0) is 15.6. The summed E-state index contributed by atoms with van der Waals surface area (Å²) in [6, 6.07) is 0.327. The van der Waals surface area contributed by atoms with E-state index in [0.717, 1.165) is 55.7 Å². The Morgan fingerprint density at radius 1 is 1.33 bits per heavy atom. The lowest BCUT2D eigenvalue weighted by Crippen LogP contribution is -2.45. The number of carbonyl (C=O) groups is 1. The Kier molecular flexibility index (Phi) is 6.05. The molecule has 1 aliphatic carbocycles. The van der Waals surface area contributed by atoms with Crippen molar-refractivity contribution in [2.45, 2.75) is 50.0 Å². The number of thioether (sulfide) groups is 1. The van der Waals surface area contributed by atoms with Gasteiger partial charge in [0, 0.05) is 55.4 Å². The predicted molar refractivity (Wildman–Crippen MR) is 95.8 cm³/mol. The topological polar surface area (TPSA) is 71.3 Å². The van der Waals surface area contributed by atoms with Gasteiger partial charge < -0.3 is 14.7 Å². The molecule has 3 fully saturated rings. The number of carbonyl (C=O) groups excluding carboxylic acids is 1. The minimum absolute atomic E-state index is 0. The highest BCUT2D eigenvalue weighted by Crippen LogP contribution is 2.39. The van der Waals surface area contributed by atoms with Crippen LogP contribution >= 0.6 is 24.2 Å². The van der Waals surface area contributed by atoms with Gasteiger partial charge in [-0.25, -0.2) is 0 Å². The third-order valence-corrected chi connectivity index (χ3v) is 6.07. The number of nitrogens with one attached hydrogen (secondary N) is 1. The molecule has 2 aliphatic heterocycles. The zero-order valence-electron chi connectivity index (χ0n) is 13.8. The Morgan fingerprint density at radius 3 is 2.96 bits per heavy atom. The van der Waals surface area contributed by atoms with Gasteiger partial charge in [-0.2, -0.15) is 16.7 Å². The number of rotatable bonds is 4. The number of aromatic nitrogens is 2. The molecule has 3 heterocycles. The van der Waals surface area contributed by atoms with Gasteiger partial charge in [-0.05, 0) is 25.7 Å². The molecule has 1 N–H and O–H groups in total. The summed E-state index contributed by atoms with van der Waals surface area (Å²) in [7, 11) is 0. The molecule has 2 unspecified atom stereocenters. The molecule has 1 aromatic heterocycles. The summed E-state index contributed by atoms with van der Waals surface area (Å²) in [4.78, 5) is 19.2. The van der Waals surface area contributed by atoms with E-state index in [1.54, 1.807) is 0 Å². The van der Waals surface area contributed by atoms with Crippen molar-refractivity contribution in [2.24, 2.45) is 0 Å². The number of amides is 1. The van der Waals surface area contributed by atoms with E-state index in [1.165, 1.54) is 12.8 Å². The van der Waals surface area contributed by atoms with Gasteiger partial charge in [0.2, 0.25) is 11.8 Å². The molecule has 1 saturated carbocycles. The molecular weight excluding hydrogens is 348 g/mol. The van der Waals surface area contributed by atoms with Gasteiger partial charge >= 0.3 is 0 Å². The molecular formula is C16H25ClN4O2S. The van der Waals surface area contributed by atoms with Crippen LogP contribution in [0.2, 0.25) is 0 Å². The highest BCUT2D eigenvalue weighted by Gasteiger charge is 2.33. The van der Waals surface area contributed by atoms with E-state index >= 15 is 0 Å². The van der Waals surface area contributed by atoms with Crippen molar-refractivity contribution in [1.82, 2.24) is 20.4 Å². The summed E-state index contributed by atoms with van der Waals surface area (Å²) in [6.07, 6.45) is 5.02. The SMILES string of the molecule is Cl.O=C(CC1CSCCN1)N1CCCC(c2noc(C3CC3)n2)C1. The first-order valence-electron chi connectivity index (χ1n) is 8.72. The van der Waals surface area contributed by atoms with Crippen LogP contribution in [0, 0.1) is 0 Å². The van der Waals surface area contributed by atoms with Gasteiger partial charge in [0.1, 0.15) is 0 Å². The van der Waals surface area contributed by atoms with Crippen molar-refractivity contribution < 1.29 is 9.32 Å². The second-order valence-electron chi connectivity index (χ2n) is 6.87. The van der Waals surface area contributed by atoms with Gasteiger partial charge in [0.15, 0.2) is 5.82 Å². The minimum atomic E-state index is 0. The van der Waals surface area contributed by atoms with Crippen molar-refractivity contribution in [3.05, 3.63) is 11.7 Å². The summed E-state index contributed by atoms with van der Waals surface area (Å²) >= 11 is 1.93. The lowest BCUT2D eigenvalue weighted by Gasteiger charge is -2.33. The van der Waals surface area contributed by atoms with E-state index in [-0.39, 0.29) is 24.2 Å². The first kappa shape index (κ1) is 18.0. The number of piperidine rings is 1. The molecule has 0 radical (unpaired) electrons. The fraction of sp³-hybridized carbons (Fsp3) is 0.812. The number of likely N-dealkylation sites (tertiary alicyclic amines) is 1. The predicted octanol–water partition coefficient (Wildman–Crippen LogP) is 2.17. The molecule has 4 rings (SSSR count). The first-order valence-corrected chi connectivity index (χ1v) is 9.87. The Labute approximate surface area is 152 Å². The van der Waals surface area contributed by atoms with E-state index in [4.69, 9.17) is 4.52 Å².